The fraction of sp³-hybridized carbons (Fsp3) is 0.462. The van der Waals surface area contributed by atoms with Crippen LogP contribution in [0.2, 0.25) is 0 Å². The lowest BCUT2D eigenvalue weighted by Gasteiger charge is -2.27. The van der Waals surface area contributed by atoms with Gasteiger partial charge in [-0.2, -0.15) is 0 Å². The second-order valence-electron chi connectivity index (χ2n) is 4.76. The number of aromatic nitrogens is 2. The van der Waals surface area contributed by atoms with E-state index in [0.717, 1.165) is 29.6 Å². The van der Waals surface area contributed by atoms with Crippen molar-refractivity contribution in [3.05, 3.63) is 16.8 Å². The van der Waals surface area contributed by atoms with Gasteiger partial charge in [-0.05, 0) is 18.4 Å². The van der Waals surface area contributed by atoms with Crippen LogP contribution in [0, 0.1) is 0 Å². The van der Waals surface area contributed by atoms with Gasteiger partial charge in [0.15, 0.2) is 0 Å². The van der Waals surface area contributed by atoms with Gasteiger partial charge in [0, 0.05) is 17.8 Å². The highest BCUT2D eigenvalue weighted by Gasteiger charge is 2.25. The van der Waals surface area contributed by atoms with Crippen LogP contribution in [0.25, 0.3) is 10.2 Å². The number of anilines is 1. The number of hydrogen-bond acceptors (Lipinski definition) is 5. The molecule has 1 amide bonds. The molecule has 0 unspecified atom stereocenters. The van der Waals surface area contributed by atoms with E-state index >= 15 is 0 Å². The molecule has 0 saturated carbocycles. The zero-order valence-electron chi connectivity index (χ0n) is 10.8. The highest BCUT2D eigenvalue weighted by Crippen LogP contribution is 2.36. The normalized spacial score (nSPS) is 14.7. The Hall–Kier alpha value is -1.69. The molecule has 0 radical (unpaired) electrons. The number of thiophene rings is 1. The maximum Gasteiger partial charge on any atom is 0.222 e. The first-order valence-electron chi connectivity index (χ1n) is 6.49. The third-order valence-electron chi connectivity index (χ3n) is 3.48. The largest absolute Gasteiger partial charge is 0.383 e. The Bertz CT molecular complexity index is 637. The third kappa shape index (κ3) is 2.06. The minimum absolute atomic E-state index is 0.240. The van der Waals surface area contributed by atoms with Gasteiger partial charge in [0.2, 0.25) is 5.91 Å². The first kappa shape index (κ1) is 12.3. The smallest absolute Gasteiger partial charge is 0.222 e. The average molecular weight is 276 g/mol. The first-order chi connectivity index (χ1) is 9.20. The Labute approximate surface area is 115 Å². The molecule has 2 aromatic rings. The molecular weight excluding hydrogens is 260 g/mol. The summed E-state index contributed by atoms with van der Waals surface area (Å²) in [4.78, 5) is 24.4. The molecule has 0 bridgehead atoms. The summed E-state index contributed by atoms with van der Waals surface area (Å²) in [5.74, 6) is 0.792. The Kier molecular flexibility index (Phi) is 3.10. The summed E-state index contributed by atoms with van der Waals surface area (Å²) in [6.07, 6.45) is 3.87. The maximum atomic E-state index is 12.0. The summed E-state index contributed by atoms with van der Waals surface area (Å²) in [6.45, 7) is 3.49. The van der Waals surface area contributed by atoms with Gasteiger partial charge in [-0.3, -0.25) is 4.79 Å². The zero-order chi connectivity index (χ0) is 13.4. The molecule has 2 N–H and O–H groups in total. The SMILES string of the molecule is CCCC(=O)N1CCc2c(sc3ncnc(N)c23)C1. The second-order valence-corrected chi connectivity index (χ2v) is 5.84. The monoisotopic (exact) mass is 276 g/mol. The van der Waals surface area contributed by atoms with Gasteiger partial charge in [0.1, 0.15) is 17.0 Å². The van der Waals surface area contributed by atoms with Crippen LogP contribution < -0.4 is 5.73 Å². The van der Waals surface area contributed by atoms with Gasteiger partial charge in [-0.1, -0.05) is 6.92 Å². The topological polar surface area (TPSA) is 72.1 Å². The van der Waals surface area contributed by atoms with Gasteiger partial charge in [0.25, 0.3) is 0 Å². The molecule has 19 heavy (non-hydrogen) atoms. The summed E-state index contributed by atoms with van der Waals surface area (Å²) in [5, 5.41) is 0.991. The summed E-state index contributed by atoms with van der Waals surface area (Å²) >= 11 is 1.63. The van der Waals surface area contributed by atoms with Gasteiger partial charge in [0.05, 0.1) is 11.9 Å². The number of hydrogen-bond donors (Lipinski definition) is 1. The molecule has 0 aromatic carbocycles. The molecule has 0 aliphatic carbocycles. The summed E-state index contributed by atoms with van der Waals surface area (Å²) in [6, 6.07) is 0. The molecule has 0 fully saturated rings. The van der Waals surface area contributed by atoms with Crippen molar-refractivity contribution in [1.29, 1.82) is 0 Å². The predicted molar refractivity (Wildman–Crippen MR) is 75.9 cm³/mol. The summed E-state index contributed by atoms with van der Waals surface area (Å²) in [7, 11) is 0. The molecule has 1 aliphatic rings. The quantitative estimate of drug-likeness (QED) is 0.910. The minimum Gasteiger partial charge on any atom is -0.383 e. The Morgan fingerprint density at radius 3 is 3.16 bits per heavy atom. The van der Waals surface area contributed by atoms with Crippen LogP contribution in [-0.2, 0) is 17.8 Å². The first-order valence-corrected chi connectivity index (χ1v) is 7.30. The van der Waals surface area contributed by atoms with Crippen LogP contribution in [0.4, 0.5) is 5.82 Å². The number of nitrogens with zero attached hydrogens (tertiary/aromatic N) is 3. The molecule has 2 aromatic heterocycles. The number of nitrogen functional groups attached to an aromatic ring is 1. The molecule has 0 saturated heterocycles. The van der Waals surface area contributed by atoms with Crippen molar-refractivity contribution in [3.8, 4) is 0 Å². The number of nitrogens with two attached hydrogens (primary N) is 1. The average Bonchev–Trinajstić information content (AvgIpc) is 2.77. The number of carbonyl (C=O) groups is 1. The van der Waals surface area contributed by atoms with Crippen molar-refractivity contribution in [2.75, 3.05) is 12.3 Å². The number of carbonyl (C=O) groups excluding carboxylic acids is 1. The fourth-order valence-corrected chi connectivity index (χ4v) is 3.75. The fourth-order valence-electron chi connectivity index (χ4n) is 2.54. The highest BCUT2D eigenvalue weighted by molar-refractivity contribution is 7.18. The van der Waals surface area contributed by atoms with Crippen LogP contribution >= 0.6 is 11.3 Å². The molecule has 6 heteroatoms. The Morgan fingerprint density at radius 2 is 2.37 bits per heavy atom. The Balaban J connectivity index is 1.96. The number of fused-ring (bicyclic) bond motifs is 3. The van der Waals surface area contributed by atoms with E-state index in [0.29, 0.717) is 18.8 Å². The predicted octanol–water partition coefficient (Wildman–Crippen LogP) is 1.96. The lowest BCUT2D eigenvalue weighted by Crippen LogP contribution is -2.35. The van der Waals surface area contributed by atoms with Crippen molar-refractivity contribution >= 4 is 33.3 Å². The van der Waals surface area contributed by atoms with Crippen molar-refractivity contribution < 1.29 is 4.79 Å². The Morgan fingerprint density at radius 1 is 1.53 bits per heavy atom. The zero-order valence-corrected chi connectivity index (χ0v) is 11.7. The number of rotatable bonds is 2. The summed E-state index contributed by atoms with van der Waals surface area (Å²) < 4.78 is 0. The van der Waals surface area contributed by atoms with Crippen molar-refractivity contribution in [1.82, 2.24) is 14.9 Å². The van der Waals surface area contributed by atoms with Crippen molar-refractivity contribution in [2.45, 2.75) is 32.7 Å². The summed E-state index contributed by atoms with van der Waals surface area (Å²) in [5.41, 5.74) is 7.18. The number of amides is 1. The van der Waals surface area contributed by atoms with Crippen LogP contribution in [0.5, 0.6) is 0 Å². The van der Waals surface area contributed by atoms with Crippen LogP contribution in [0.3, 0.4) is 0 Å². The van der Waals surface area contributed by atoms with Crippen molar-refractivity contribution in [3.63, 3.8) is 0 Å². The van der Waals surface area contributed by atoms with E-state index in [1.165, 1.54) is 16.8 Å². The van der Waals surface area contributed by atoms with E-state index in [1.54, 1.807) is 11.3 Å². The van der Waals surface area contributed by atoms with E-state index in [1.807, 2.05) is 11.8 Å². The molecule has 0 spiro atoms. The van der Waals surface area contributed by atoms with Gasteiger partial charge in [-0.25, -0.2) is 9.97 Å². The highest BCUT2D eigenvalue weighted by atomic mass is 32.1. The maximum absolute atomic E-state index is 12.0. The van der Waals surface area contributed by atoms with E-state index < -0.39 is 0 Å². The standard InChI is InChI=1S/C13H16N4OS/c1-2-3-10(18)17-5-4-8-9(6-17)19-13-11(8)12(14)15-7-16-13/h7H,2-6H2,1H3,(H2,14,15,16). The molecule has 0 atom stereocenters. The lowest BCUT2D eigenvalue weighted by atomic mass is 10.0. The van der Waals surface area contributed by atoms with Crippen LogP contribution in [-0.4, -0.2) is 27.3 Å². The lowest BCUT2D eigenvalue weighted by molar-refractivity contribution is -0.132. The van der Waals surface area contributed by atoms with Crippen LogP contribution in [0.1, 0.15) is 30.2 Å². The van der Waals surface area contributed by atoms with Gasteiger partial charge in [-0.15, -0.1) is 11.3 Å². The van der Waals surface area contributed by atoms with Gasteiger partial charge >= 0.3 is 0 Å². The second kappa shape index (κ2) is 4.77. The molecular formula is C13H16N4OS. The van der Waals surface area contributed by atoms with Crippen LogP contribution in [0.15, 0.2) is 6.33 Å². The molecule has 100 valence electrons. The third-order valence-corrected chi connectivity index (χ3v) is 4.61. The van der Waals surface area contributed by atoms with Crippen molar-refractivity contribution in [2.24, 2.45) is 0 Å². The van der Waals surface area contributed by atoms with Gasteiger partial charge < -0.3 is 10.6 Å². The minimum atomic E-state index is 0.240. The van der Waals surface area contributed by atoms with E-state index in [4.69, 9.17) is 5.73 Å². The molecule has 5 nitrogen and oxygen atoms in total. The van der Waals surface area contributed by atoms with E-state index in [-0.39, 0.29) is 5.91 Å². The molecule has 3 rings (SSSR count). The van der Waals surface area contributed by atoms with E-state index in [9.17, 15) is 4.79 Å². The van der Waals surface area contributed by atoms with E-state index in [2.05, 4.69) is 9.97 Å². The molecule has 3 heterocycles. The molecule has 1 aliphatic heterocycles.